The van der Waals surface area contributed by atoms with Crippen LogP contribution in [-0.4, -0.2) is 36.1 Å². The van der Waals surface area contributed by atoms with Gasteiger partial charge >= 0.3 is 0 Å². The van der Waals surface area contributed by atoms with Crippen LogP contribution in [-0.2, 0) is 6.54 Å². The molecule has 0 spiro atoms. The SMILES string of the molecule is CCNC(CN(C)Cc1ccccn1)C(C)CC. The van der Waals surface area contributed by atoms with Gasteiger partial charge in [-0.3, -0.25) is 9.88 Å². The summed E-state index contributed by atoms with van der Waals surface area (Å²) in [7, 11) is 2.17. The molecule has 1 rings (SSSR count). The maximum Gasteiger partial charge on any atom is 0.0543 e. The van der Waals surface area contributed by atoms with E-state index in [9.17, 15) is 0 Å². The van der Waals surface area contributed by atoms with Crippen LogP contribution in [0.5, 0.6) is 0 Å². The second-order valence-electron chi connectivity index (χ2n) is 5.07. The monoisotopic (exact) mass is 249 g/mol. The molecular weight excluding hydrogens is 222 g/mol. The second-order valence-corrected chi connectivity index (χ2v) is 5.07. The summed E-state index contributed by atoms with van der Waals surface area (Å²) in [5.74, 6) is 0.705. The van der Waals surface area contributed by atoms with Gasteiger partial charge < -0.3 is 5.32 Å². The summed E-state index contributed by atoms with van der Waals surface area (Å²) >= 11 is 0. The van der Waals surface area contributed by atoms with Crippen molar-refractivity contribution in [3.63, 3.8) is 0 Å². The summed E-state index contributed by atoms with van der Waals surface area (Å²) in [6.07, 6.45) is 3.08. The lowest BCUT2D eigenvalue weighted by Gasteiger charge is -2.28. The molecule has 3 nitrogen and oxygen atoms in total. The van der Waals surface area contributed by atoms with E-state index in [1.807, 2.05) is 18.3 Å². The smallest absolute Gasteiger partial charge is 0.0543 e. The lowest BCUT2D eigenvalue weighted by Crippen LogP contribution is -2.43. The van der Waals surface area contributed by atoms with Gasteiger partial charge in [0.2, 0.25) is 0 Å². The van der Waals surface area contributed by atoms with Gasteiger partial charge in [-0.1, -0.05) is 33.3 Å². The molecule has 0 aromatic carbocycles. The van der Waals surface area contributed by atoms with Crippen molar-refractivity contribution >= 4 is 0 Å². The standard InChI is InChI=1S/C15H27N3/c1-5-13(3)15(16-6-2)12-18(4)11-14-9-7-8-10-17-14/h7-10,13,15-16H,5-6,11-12H2,1-4H3. The first-order chi connectivity index (χ1) is 8.67. The van der Waals surface area contributed by atoms with E-state index in [1.165, 1.54) is 6.42 Å². The molecule has 0 radical (unpaired) electrons. The highest BCUT2D eigenvalue weighted by Gasteiger charge is 2.16. The topological polar surface area (TPSA) is 28.2 Å². The zero-order valence-electron chi connectivity index (χ0n) is 12.2. The molecule has 3 heteroatoms. The maximum absolute atomic E-state index is 4.37. The Morgan fingerprint density at radius 3 is 2.67 bits per heavy atom. The van der Waals surface area contributed by atoms with Crippen LogP contribution in [0.2, 0.25) is 0 Å². The van der Waals surface area contributed by atoms with Crippen LogP contribution in [0.1, 0.15) is 32.9 Å². The number of rotatable bonds is 8. The number of nitrogens with zero attached hydrogens (tertiary/aromatic N) is 2. The van der Waals surface area contributed by atoms with Gasteiger partial charge in [0, 0.05) is 25.3 Å². The molecule has 1 heterocycles. The fraction of sp³-hybridized carbons (Fsp3) is 0.667. The number of nitrogens with one attached hydrogen (secondary N) is 1. The van der Waals surface area contributed by atoms with E-state index in [0.717, 1.165) is 25.3 Å². The zero-order valence-corrected chi connectivity index (χ0v) is 12.2. The lowest BCUT2D eigenvalue weighted by molar-refractivity contribution is 0.239. The van der Waals surface area contributed by atoms with Crippen molar-refractivity contribution in [1.82, 2.24) is 15.2 Å². The van der Waals surface area contributed by atoms with Crippen molar-refractivity contribution < 1.29 is 0 Å². The van der Waals surface area contributed by atoms with Crippen LogP contribution >= 0.6 is 0 Å². The molecule has 1 aromatic rings. The molecule has 0 aliphatic carbocycles. The molecule has 2 atom stereocenters. The third kappa shape index (κ3) is 5.15. The summed E-state index contributed by atoms with van der Waals surface area (Å²) in [5.41, 5.74) is 1.14. The van der Waals surface area contributed by atoms with Gasteiger partial charge in [-0.05, 0) is 31.6 Å². The third-order valence-corrected chi connectivity index (χ3v) is 3.46. The Bertz CT molecular complexity index is 313. The zero-order chi connectivity index (χ0) is 13.4. The van der Waals surface area contributed by atoms with E-state index >= 15 is 0 Å². The molecule has 0 bridgehead atoms. The summed E-state index contributed by atoms with van der Waals surface area (Å²) in [6.45, 7) is 9.77. The molecule has 0 aliphatic rings. The number of hydrogen-bond donors (Lipinski definition) is 1. The molecular formula is C15H27N3. The van der Waals surface area contributed by atoms with Gasteiger partial charge in [-0.15, -0.1) is 0 Å². The maximum atomic E-state index is 4.37. The summed E-state index contributed by atoms with van der Waals surface area (Å²) in [4.78, 5) is 6.72. The number of likely N-dealkylation sites (N-methyl/N-ethyl adjacent to an activating group) is 2. The molecule has 0 fully saturated rings. The van der Waals surface area contributed by atoms with Crippen molar-refractivity contribution in [1.29, 1.82) is 0 Å². The minimum atomic E-state index is 0.564. The Labute approximate surface area is 112 Å². The second kappa shape index (κ2) is 8.22. The summed E-state index contributed by atoms with van der Waals surface area (Å²) in [5, 5.41) is 3.59. The highest BCUT2D eigenvalue weighted by Crippen LogP contribution is 2.10. The number of pyridine rings is 1. The van der Waals surface area contributed by atoms with Crippen LogP contribution in [0.25, 0.3) is 0 Å². The van der Waals surface area contributed by atoms with Gasteiger partial charge in [0.1, 0.15) is 0 Å². The van der Waals surface area contributed by atoms with E-state index in [4.69, 9.17) is 0 Å². The van der Waals surface area contributed by atoms with Crippen molar-refractivity contribution in [2.24, 2.45) is 5.92 Å². The Hall–Kier alpha value is -0.930. The van der Waals surface area contributed by atoms with E-state index < -0.39 is 0 Å². The van der Waals surface area contributed by atoms with Crippen LogP contribution < -0.4 is 5.32 Å². The Balaban J connectivity index is 2.48. The molecule has 1 N–H and O–H groups in total. The van der Waals surface area contributed by atoms with Gasteiger partial charge in [0.15, 0.2) is 0 Å². The normalized spacial score (nSPS) is 14.7. The first kappa shape index (κ1) is 15.1. The van der Waals surface area contributed by atoms with Gasteiger partial charge in [-0.25, -0.2) is 0 Å². The van der Waals surface area contributed by atoms with Gasteiger partial charge in [0.05, 0.1) is 5.69 Å². The third-order valence-electron chi connectivity index (χ3n) is 3.46. The average molecular weight is 249 g/mol. The summed E-state index contributed by atoms with van der Waals surface area (Å²) in [6, 6.07) is 6.66. The van der Waals surface area contributed by atoms with E-state index in [0.29, 0.717) is 12.0 Å². The predicted octanol–water partition coefficient (Wildman–Crippen LogP) is 2.54. The van der Waals surface area contributed by atoms with Crippen molar-refractivity contribution in [2.45, 2.75) is 39.8 Å². The van der Waals surface area contributed by atoms with Gasteiger partial charge in [0.25, 0.3) is 0 Å². The molecule has 0 aliphatic heterocycles. The quantitative estimate of drug-likeness (QED) is 0.767. The molecule has 0 amide bonds. The minimum Gasteiger partial charge on any atom is -0.313 e. The lowest BCUT2D eigenvalue weighted by atomic mass is 9.98. The van der Waals surface area contributed by atoms with Crippen LogP contribution in [0.15, 0.2) is 24.4 Å². The molecule has 0 saturated carbocycles. The summed E-state index contributed by atoms with van der Waals surface area (Å²) < 4.78 is 0. The molecule has 18 heavy (non-hydrogen) atoms. The highest BCUT2D eigenvalue weighted by molar-refractivity contribution is 5.03. The van der Waals surface area contributed by atoms with Crippen LogP contribution in [0, 0.1) is 5.92 Å². The first-order valence-corrected chi connectivity index (χ1v) is 6.99. The van der Waals surface area contributed by atoms with Crippen molar-refractivity contribution in [2.75, 3.05) is 20.1 Å². The average Bonchev–Trinajstić information content (AvgIpc) is 2.38. The first-order valence-electron chi connectivity index (χ1n) is 6.99. The Morgan fingerprint density at radius 1 is 1.33 bits per heavy atom. The fourth-order valence-corrected chi connectivity index (χ4v) is 2.16. The molecule has 0 saturated heterocycles. The largest absolute Gasteiger partial charge is 0.313 e. The number of hydrogen-bond acceptors (Lipinski definition) is 3. The highest BCUT2D eigenvalue weighted by atomic mass is 15.1. The Kier molecular flexibility index (Phi) is 6.91. The van der Waals surface area contributed by atoms with Crippen molar-refractivity contribution in [3.05, 3.63) is 30.1 Å². The predicted molar refractivity (Wildman–Crippen MR) is 77.5 cm³/mol. The van der Waals surface area contributed by atoms with E-state index in [-0.39, 0.29) is 0 Å². The Morgan fingerprint density at radius 2 is 2.11 bits per heavy atom. The van der Waals surface area contributed by atoms with Crippen LogP contribution in [0.4, 0.5) is 0 Å². The van der Waals surface area contributed by atoms with E-state index in [2.05, 4.69) is 49.1 Å². The molecule has 2 unspecified atom stereocenters. The van der Waals surface area contributed by atoms with E-state index in [1.54, 1.807) is 0 Å². The molecule has 102 valence electrons. The van der Waals surface area contributed by atoms with Crippen LogP contribution in [0.3, 0.4) is 0 Å². The molecule has 1 aromatic heterocycles. The number of aromatic nitrogens is 1. The van der Waals surface area contributed by atoms with Crippen molar-refractivity contribution in [3.8, 4) is 0 Å². The fourth-order valence-electron chi connectivity index (χ4n) is 2.16. The minimum absolute atomic E-state index is 0.564. The van der Waals surface area contributed by atoms with Gasteiger partial charge in [-0.2, -0.15) is 0 Å².